The third-order valence-electron chi connectivity index (χ3n) is 3.26. The summed E-state index contributed by atoms with van der Waals surface area (Å²) >= 11 is 0. The molecule has 0 saturated heterocycles. The van der Waals surface area contributed by atoms with Crippen LogP contribution in [0.15, 0.2) is 36.7 Å². The van der Waals surface area contributed by atoms with Crippen molar-refractivity contribution in [2.24, 2.45) is 0 Å². The Bertz CT molecular complexity index is 520. The van der Waals surface area contributed by atoms with E-state index < -0.39 is 6.10 Å². The molecule has 2 rings (SSSR count). The van der Waals surface area contributed by atoms with Crippen molar-refractivity contribution in [3.05, 3.63) is 48.0 Å². The average Bonchev–Trinajstić information content (AvgIpc) is 2.92. The lowest BCUT2D eigenvalue weighted by Gasteiger charge is -2.12. The van der Waals surface area contributed by atoms with Gasteiger partial charge in [-0.05, 0) is 31.0 Å². The van der Waals surface area contributed by atoms with Crippen LogP contribution in [0.3, 0.4) is 0 Å². The molecule has 1 aromatic heterocycles. The van der Waals surface area contributed by atoms with Crippen LogP contribution in [0, 0.1) is 0 Å². The monoisotopic (exact) mass is 274 g/mol. The lowest BCUT2D eigenvalue weighted by Crippen LogP contribution is -2.08. The molecule has 1 heterocycles. The second-order valence-electron chi connectivity index (χ2n) is 4.77. The molecule has 0 amide bonds. The van der Waals surface area contributed by atoms with E-state index in [2.05, 4.69) is 18.8 Å². The Balaban J connectivity index is 2.00. The smallest absolute Gasteiger partial charge is 0.119 e. The number of aromatic nitrogens is 2. The highest BCUT2D eigenvalue weighted by atomic mass is 16.5. The molecular formula is C16H22N2O2. The molecule has 1 N–H and O–H groups in total. The minimum Gasteiger partial charge on any atom is -0.494 e. The molecule has 0 aliphatic rings. The molecule has 20 heavy (non-hydrogen) atoms. The van der Waals surface area contributed by atoms with Gasteiger partial charge in [0.25, 0.3) is 0 Å². The lowest BCUT2D eigenvalue weighted by molar-refractivity contribution is 0.174. The topological polar surface area (TPSA) is 47.3 Å². The van der Waals surface area contributed by atoms with Gasteiger partial charge in [0.15, 0.2) is 0 Å². The highest BCUT2D eigenvalue weighted by Crippen LogP contribution is 2.21. The van der Waals surface area contributed by atoms with Crippen molar-refractivity contribution in [2.75, 3.05) is 6.61 Å². The van der Waals surface area contributed by atoms with Crippen LogP contribution in [0.5, 0.6) is 5.75 Å². The molecule has 0 aliphatic carbocycles. The summed E-state index contributed by atoms with van der Waals surface area (Å²) in [6.45, 7) is 5.73. The van der Waals surface area contributed by atoms with Gasteiger partial charge in [-0.3, -0.25) is 0 Å². The molecule has 1 atom stereocenters. The number of imidazole rings is 1. The molecule has 0 fully saturated rings. The van der Waals surface area contributed by atoms with Gasteiger partial charge in [0, 0.05) is 25.4 Å². The first-order valence-corrected chi connectivity index (χ1v) is 7.15. The van der Waals surface area contributed by atoms with Crippen molar-refractivity contribution in [2.45, 2.75) is 39.3 Å². The van der Waals surface area contributed by atoms with E-state index in [0.29, 0.717) is 6.42 Å². The number of benzene rings is 1. The van der Waals surface area contributed by atoms with Crippen molar-refractivity contribution < 1.29 is 9.84 Å². The minimum atomic E-state index is -0.539. The van der Waals surface area contributed by atoms with Gasteiger partial charge in [-0.2, -0.15) is 0 Å². The van der Waals surface area contributed by atoms with Gasteiger partial charge in [0.05, 0.1) is 12.7 Å². The molecule has 0 radical (unpaired) electrons. The van der Waals surface area contributed by atoms with Gasteiger partial charge >= 0.3 is 0 Å². The maximum atomic E-state index is 10.3. The van der Waals surface area contributed by atoms with Crippen LogP contribution in [-0.2, 0) is 13.0 Å². The van der Waals surface area contributed by atoms with Crippen LogP contribution in [-0.4, -0.2) is 21.3 Å². The second-order valence-corrected chi connectivity index (χ2v) is 4.77. The van der Waals surface area contributed by atoms with E-state index in [1.54, 1.807) is 6.20 Å². The Kier molecular flexibility index (Phi) is 5.18. The zero-order valence-corrected chi connectivity index (χ0v) is 12.1. The summed E-state index contributed by atoms with van der Waals surface area (Å²) < 4.78 is 7.58. The standard InChI is InChI=1S/C16H22N2O2/c1-3-11-20-14-7-5-13(6-8-14)15(19)12-16-17-9-10-18(16)4-2/h5-10,15,19H,3-4,11-12H2,1-2H3. The molecule has 0 spiro atoms. The number of hydrogen-bond donors (Lipinski definition) is 1. The number of hydrogen-bond acceptors (Lipinski definition) is 3. The predicted octanol–water partition coefficient (Wildman–Crippen LogP) is 2.97. The largest absolute Gasteiger partial charge is 0.494 e. The van der Waals surface area contributed by atoms with Gasteiger partial charge < -0.3 is 14.4 Å². The Morgan fingerprint density at radius 3 is 2.65 bits per heavy atom. The Morgan fingerprint density at radius 2 is 2.00 bits per heavy atom. The van der Waals surface area contributed by atoms with Crippen LogP contribution in [0.2, 0.25) is 0 Å². The molecule has 1 unspecified atom stereocenters. The average molecular weight is 274 g/mol. The molecule has 0 saturated carbocycles. The number of nitrogens with zero attached hydrogens (tertiary/aromatic N) is 2. The first kappa shape index (κ1) is 14.6. The minimum absolute atomic E-state index is 0.524. The summed E-state index contributed by atoms with van der Waals surface area (Å²) in [7, 11) is 0. The van der Waals surface area contributed by atoms with Gasteiger partial charge in [-0.15, -0.1) is 0 Å². The number of rotatable bonds is 7. The molecule has 108 valence electrons. The summed E-state index contributed by atoms with van der Waals surface area (Å²) in [4.78, 5) is 4.29. The van der Waals surface area contributed by atoms with Crippen molar-refractivity contribution >= 4 is 0 Å². The van der Waals surface area contributed by atoms with Crippen LogP contribution in [0.4, 0.5) is 0 Å². The summed E-state index contributed by atoms with van der Waals surface area (Å²) in [5.74, 6) is 1.75. The zero-order chi connectivity index (χ0) is 14.4. The van der Waals surface area contributed by atoms with Crippen LogP contribution >= 0.6 is 0 Å². The number of aliphatic hydroxyl groups excluding tert-OH is 1. The highest BCUT2D eigenvalue weighted by molar-refractivity contribution is 5.29. The second kappa shape index (κ2) is 7.10. The third kappa shape index (κ3) is 3.61. The van der Waals surface area contributed by atoms with Crippen LogP contribution in [0.25, 0.3) is 0 Å². The highest BCUT2D eigenvalue weighted by Gasteiger charge is 2.12. The van der Waals surface area contributed by atoms with Gasteiger partial charge in [0.1, 0.15) is 11.6 Å². The summed E-state index contributed by atoms with van der Waals surface area (Å²) in [5.41, 5.74) is 0.888. The van der Waals surface area contributed by atoms with Gasteiger partial charge in [-0.25, -0.2) is 4.98 Å². The Labute approximate surface area is 120 Å². The first-order valence-electron chi connectivity index (χ1n) is 7.15. The Morgan fingerprint density at radius 1 is 1.25 bits per heavy atom. The van der Waals surface area contributed by atoms with Crippen molar-refractivity contribution in [1.29, 1.82) is 0 Å². The van der Waals surface area contributed by atoms with E-state index in [0.717, 1.165) is 36.7 Å². The fourth-order valence-electron chi connectivity index (χ4n) is 2.11. The van der Waals surface area contributed by atoms with E-state index in [9.17, 15) is 5.11 Å². The van der Waals surface area contributed by atoms with Crippen molar-refractivity contribution in [3.63, 3.8) is 0 Å². The normalized spacial score (nSPS) is 12.3. The SMILES string of the molecule is CCCOc1ccc(C(O)Cc2nccn2CC)cc1. The molecule has 2 aromatic rings. The van der Waals surface area contributed by atoms with Crippen LogP contribution < -0.4 is 4.74 Å². The molecule has 1 aromatic carbocycles. The van der Waals surface area contributed by atoms with E-state index in [4.69, 9.17) is 4.74 Å². The van der Waals surface area contributed by atoms with E-state index in [1.165, 1.54) is 0 Å². The predicted molar refractivity (Wildman–Crippen MR) is 78.8 cm³/mol. The molecular weight excluding hydrogens is 252 g/mol. The molecule has 0 aliphatic heterocycles. The Hall–Kier alpha value is -1.81. The third-order valence-corrected chi connectivity index (χ3v) is 3.26. The number of aliphatic hydroxyl groups is 1. The maximum absolute atomic E-state index is 10.3. The fourth-order valence-corrected chi connectivity index (χ4v) is 2.11. The summed E-state index contributed by atoms with van der Waals surface area (Å²) in [6.07, 6.45) is 4.68. The fraction of sp³-hybridized carbons (Fsp3) is 0.438. The lowest BCUT2D eigenvalue weighted by atomic mass is 10.1. The molecule has 4 heteroatoms. The van der Waals surface area contributed by atoms with Crippen molar-refractivity contribution in [1.82, 2.24) is 9.55 Å². The van der Waals surface area contributed by atoms with E-state index >= 15 is 0 Å². The van der Waals surface area contributed by atoms with E-state index in [1.807, 2.05) is 35.0 Å². The molecule has 0 bridgehead atoms. The van der Waals surface area contributed by atoms with Crippen molar-refractivity contribution in [3.8, 4) is 5.75 Å². The summed E-state index contributed by atoms with van der Waals surface area (Å²) in [5, 5.41) is 10.3. The molecule has 4 nitrogen and oxygen atoms in total. The number of aryl methyl sites for hydroxylation is 1. The van der Waals surface area contributed by atoms with E-state index in [-0.39, 0.29) is 0 Å². The maximum Gasteiger partial charge on any atom is 0.119 e. The van der Waals surface area contributed by atoms with Crippen LogP contribution in [0.1, 0.15) is 37.8 Å². The zero-order valence-electron chi connectivity index (χ0n) is 12.1. The quantitative estimate of drug-likeness (QED) is 0.844. The van der Waals surface area contributed by atoms with Gasteiger partial charge in [-0.1, -0.05) is 19.1 Å². The van der Waals surface area contributed by atoms with Gasteiger partial charge in [0.2, 0.25) is 0 Å². The first-order chi connectivity index (χ1) is 9.74. The summed E-state index contributed by atoms with van der Waals surface area (Å²) in [6, 6.07) is 7.63. The number of ether oxygens (including phenoxy) is 1.